The monoisotopic (exact) mass is 263 g/mol. The first-order valence-electron chi connectivity index (χ1n) is 7.30. The van der Waals surface area contributed by atoms with Gasteiger partial charge < -0.3 is 15.3 Å². The van der Waals surface area contributed by atoms with E-state index >= 15 is 0 Å². The number of aryl methyl sites for hydroxylation is 1. The molecule has 1 aliphatic rings. The van der Waals surface area contributed by atoms with Gasteiger partial charge in [0.05, 0.1) is 6.10 Å². The Kier molecular flexibility index (Phi) is 5.16. The van der Waals surface area contributed by atoms with Gasteiger partial charge in [-0.1, -0.05) is 6.92 Å². The molecule has 19 heavy (non-hydrogen) atoms. The highest BCUT2D eigenvalue weighted by Crippen LogP contribution is 2.22. The Balaban J connectivity index is 2.02. The zero-order valence-electron chi connectivity index (χ0n) is 12.0. The second-order valence-electron chi connectivity index (χ2n) is 5.40. The van der Waals surface area contributed by atoms with E-state index in [0.29, 0.717) is 6.54 Å². The van der Waals surface area contributed by atoms with Gasteiger partial charge in [-0.3, -0.25) is 0 Å². The van der Waals surface area contributed by atoms with E-state index in [1.54, 1.807) is 0 Å². The molecule has 0 aromatic carbocycles. The zero-order valence-corrected chi connectivity index (χ0v) is 12.0. The Labute approximate surface area is 115 Å². The van der Waals surface area contributed by atoms with E-state index in [1.807, 2.05) is 6.20 Å². The molecule has 4 heteroatoms. The maximum Gasteiger partial charge on any atom is 0.131 e. The molecule has 1 unspecified atom stereocenters. The van der Waals surface area contributed by atoms with Crippen molar-refractivity contribution >= 4 is 5.82 Å². The molecule has 2 N–H and O–H groups in total. The fraction of sp³-hybridized carbons (Fsp3) is 0.667. The van der Waals surface area contributed by atoms with Gasteiger partial charge in [0.2, 0.25) is 0 Å². The fourth-order valence-corrected chi connectivity index (χ4v) is 2.61. The third-order valence-corrected chi connectivity index (χ3v) is 3.56. The summed E-state index contributed by atoms with van der Waals surface area (Å²) in [6, 6.07) is 2.20. The molecule has 2 rings (SSSR count). The quantitative estimate of drug-likeness (QED) is 0.796. The van der Waals surface area contributed by atoms with Crippen LogP contribution in [0.15, 0.2) is 12.3 Å². The SMILES string of the molecule is CCCNCc1cnc(N2CCCC(O)C2)c(C)c1. The van der Waals surface area contributed by atoms with Gasteiger partial charge in [-0.15, -0.1) is 0 Å². The van der Waals surface area contributed by atoms with Gasteiger partial charge in [0, 0.05) is 25.8 Å². The molecule has 0 saturated carbocycles. The van der Waals surface area contributed by atoms with Crippen LogP contribution in [0.2, 0.25) is 0 Å². The standard InChI is InChI=1S/C15H25N3O/c1-3-6-16-9-13-8-12(2)15(17-10-13)18-7-4-5-14(19)11-18/h8,10,14,16,19H,3-7,9,11H2,1-2H3. The molecule has 2 heterocycles. The summed E-state index contributed by atoms with van der Waals surface area (Å²) in [5.74, 6) is 1.03. The Morgan fingerprint density at radius 2 is 2.37 bits per heavy atom. The van der Waals surface area contributed by atoms with Crippen LogP contribution in [0.3, 0.4) is 0 Å². The van der Waals surface area contributed by atoms with Crippen molar-refractivity contribution in [2.75, 3.05) is 24.5 Å². The lowest BCUT2D eigenvalue weighted by molar-refractivity contribution is 0.154. The van der Waals surface area contributed by atoms with Crippen LogP contribution in [-0.4, -0.2) is 35.8 Å². The number of hydrogen-bond donors (Lipinski definition) is 2. The van der Waals surface area contributed by atoms with E-state index in [-0.39, 0.29) is 6.10 Å². The Morgan fingerprint density at radius 1 is 1.53 bits per heavy atom. The fourth-order valence-electron chi connectivity index (χ4n) is 2.61. The lowest BCUT2D eigenvalue weighted by atomic mass is 10.1. The van der Waals surface area contributed by atoms with Gasteiger partial charge >= 0.3 is 0 Å². The molecular formula is C15H25N3O. The second-order valence-corrected chi connectivity index (χ2v) is 5.40. The summed E-state index contributed by atoms with van der Waals surface area (Å²) in [6.45, 7) is 7.90. The number of pyridine rings is 1. The molecule has 1 aromatic rings. The number of aliphatic hydroxyl groups excluding tert-OH is 1. The summed E-state index contributed by atoms with van der Waals surface area (Å²) in [6.07, 6.45) is 4.85. The summed E-state index contributed by atoms with van der Waals surface area (Å²) in [4.78, 5) is 6.79. The lowest BCUT2D eigenvalue weighted by Crippen LogP contribution is -2.39. The first kappa shape index (κ1) is 14.3. The van der Waals surface area contributed by atoms with Gasteiger partial charge in [0.25, 0.3) is 0 Å². The minimum absolute atomic E-state index is 0.208. The molecule has 106 valence electrons. The predicted octanol–water partition coefficient (Wildman–Crippen LogP) is 1.85. The van der Waals surface area contributed by atoms with Crippen molar-refractivity contribution in [3.63, 3.8) is 0 Å². The number of hydrogen-bond acceptors (Lipinski definition) is 4. The normalized spacial score (nSPS) is 19.7. The molecular weight excluding hydrogens is 238 g/mol. The van der Waals surface area contributed by atoms with E-state index in [2.05, 4.69) is 35.1 Å². The molecule has 0 spiro atoms. The highest BCUT2D eigenvalue weighted by atomic mass is 16.3. The molecule has 1 fully saturated rings. The molecule has 1 atom stereocenters. The third-order valence-electron chi connectivity index (χ3n) is 3.56. The average molecular weight is 263 g/mol. The van der Waals surface area contributed by atoms with E-state index in [4.69, 9.17) is 0 Å². The minimum atomic E-state index is -0.208. The number of nitrogens with zero attached hydrogens (tertiary/aromatic N) is 2. The van der Waals surface area contributed by atoms with Gasteiger partial charge in [0.15, 0.2) is 0 Å². The number of piperidine rings is 1. The Hall–Kier alpha value is -1.13. The number of β-amino-alcohol motifs (C(OH)–C–C–N with tert-alkyl or cyclic N) is 1. The van der Waals surface area contributed by atoms with Gasteiger partial charge in [-0.2, -0.15) is 0 Å². The van der Waals surface area contributed by atoms with Crippen LogP contribution in [0, 0.1) is 6.92 Å². The van der Waals surface area contributed by atoms with E-state index in [9.17, 15) is 5.11 Å². The highest BCUT2D eigenvalue weighted by Gasteiger charge is 2.20. The maximum atomic E-state index is 9.75. The first-order valence-corrected chi connectivity index (χ1v) is 7.30. The van der Waals surface area contributed by atoms with Crippen LogP contribution in [0.5, 0.6) is 0 Å². The van der Waals surface area contributed by atoms with Crippen molar-refractivity contribution in [1.82, 2.24) is 10.3 Å². The first-order chi connectivity index (χ1) is 9.20. The molecule has 1 aromatic heterocycles. The summed E-state index contributed by atoms with van der Waals surface area (Å²) in [5.41, 5.74) is 2.43. The van der Waals surface area contributed by atoms with E-state index in [1.165, 1.54) is 11.1 Å². The number of anilines is 1. The summed E-state index contributed by atoms with van der Waals surface area (Å²) < 4.78 is 0. The molecule has 4 nitrogen and oxygen atoms in total. The minimum Gasteiger partial charge on any atom is -0.391 e. The summed E-state index contributed by atoms with van der Waals surface area (Å²) in [5, 5.41) is 13.1. The predicted molar refractivity (Wildman–Crippen MR) is 78.4 cm³/mol. The van der Waals surface area contributed by atoms with Crippen LogP contribution in [0.4, 0.5) is 5.82 Å². The number of aliphatic hydroxyl groups is 1. The smallest absolute Gasteiger partial charge is 0.131 e. The van der Waals surface area contributed by atoms with E-state index in [0.717, 1.165) is 44.7 Å². The van der Waals surface area contributed by atoms with Crippen LogP contribution in [-0.2, 0) is 6.54 Å². The van der Waals surface area contributed by atoms with Crippen molar-refractivity contribution in [1.29, 1.82) is 0 Å². The van der Waals surface area contributed by atoms with Crippen LogP contribution >= 0.6 is 0 Å². The molecule has 0 bridgehead atoms. The molecule has 1 aliphatic heterocycles. The van der Waals surface area contributed by atoms with Crippen LogP contribution in [0.1, 0.15) is 37.3 Å². The van der Waals surface area contributed by atoms with Crippen LogP contribution in [0.25, 0.3) is 0 Å². The summed E-state index contributed by atoms with van der Waals surface area (Å²) in [7, 11) is 0. The second kappa shape index (κ2) is 6.87. The molecule has 0 amide bonds. The average Bonchev–Trinajstić information content (AvgIpc) is 2.39. The Morgan fingerprint density at radius 3 is 3.05 bits per heavy atom. The van der Waals surface area contributed by atoms with Gasteiger partial charge in [-0.25, -0.2) is 4.98 Å². The molecule has 0 aliphatic carbocycles. The summed E-state index contributed by atoms with van der Waals surface area (Å²) >= 11 is 0. The van der Waals surface area contributed by atoms with Crippen molar-refractivity contribution < 1.29 is 5.11 Å². The highest BCUT2D eigenvalue weighted by molar-refractivity contribution is 5.47. The van der Waals surface area contributed by atoms with Gasteiger partial charge in [0.1, 0.15) is 5.82 Å². The largest absolute Gasteiger partial charge is 0.391 e. The zero-order chi connectivity index (χ0) is 13.7. The number of nitrogens with one attached hydrogen (secondary N) is 1. The third kappa shape index (κ3) is 3.91. The molecule has 1 saturated heterocycles. The van der Waals surface area contributed by atoms with Crippen molar-refractivity contribution in [2.45, 2.75) is 45.8 Å². The van der Waals surface area contributed by atoms with Gasteiger partial charge in [-0.05, 0) is 49.9 Å². The van der Waals surface area contributed by atoms with Crippen molar-refractivity contribution in [3.05, 3.63) is 23.4 Å². The maximum absolute atomic E-state index is 9.75. The lowest BCUT2D eigenvalue weighted by Gasteiger charge is -2.32. The topological polar surface area (TPSA) is 48.4 Å². The number of aromatic nitrogens is 1. The van der Waals surface area contributed by atoms with Crippen molar-refractivity contribution in [3.8, 4) is 0 Å². The number of rotatable bonds is 5. The molecule has 0 radical (unpaired) electrons. The van der Waals surface area contributed by atoms with Crippen molar-refractivity contribution in [2.24, 2.45) is 0 Å². The van der Waals surface area contributed by atoms with E-state index < -0.39 is 0 Å². The Bertz CT molecular complexity index is 408. The van der Waals surface area contributed by atoms with Crippen LogP contribution < -0.4 is 10.2 Å².